The van der Waals surface area contributed by atoms with E-state index in [4.69, 9.17) is 0 Å². The van der Waals surface area contributed by atoms with E-state index in [1.165, 1.54) is 7.11 Å². The van der Waals surface area contributed by atoms with Gasteiger partial charge in [-0.25, -0.2) is 4.79 Å². The van der Waals surface area contributed by atoms with Crippen molar-refractivity contribution in [3.63, 3.8) is 0 Å². The Labute approximate surface area is 151 Å². The molecule has 1 aliphatic heterocycles. The van der Waals surface area contributed by atoms with Crippen molar-refractivity contribution in [3.8, 4) is 0 Å². The smallest absolute Gasteiger partial charge is 0.337 e. The molecule has 3 rings (SSSR count). The van der Waals surface area contributed by atoms with E-state index in [1.54, 1.807) is 37.4 Å². The third-order valence-electron chi connectivity index (χ3n) is 4.16. The molecule has 1 aromatic carbocycles. The highest BCUT2D eigenvalue weighted by atomic mass is 16.5. The topological polar surface area (TPSA) is 101 Å². The van der Waals surface area contributed by atoms with Crippen LogP contribution in [0.15, 0.2) is 30.5 Å². The highest BCUT2D eigenvalue weighted by Crippen LogP contribution is 2.17. The summed E-state index contributed by atoms with van der Waals surface area (Å²) >= 11 is 0. The van der Waals surface area contributed by atoms with Crippen molar-refractivity contribution in [2.24, 2.45) is 0 Å². The van der Waals surface area contributed by atoms with E-state index in [-0.39, 0.29) is 11.9 Å². The number of aromatic nitrogens is 3. The minimum Gasteiger partial charge on any atom is -0.465 e. The van der Waals surface area contributed by atoms with E-state index >= 15 is 0 Å². The molecule has 0 atom stereocenters. The summed E-state index contributed by atoms with van der Waals surface area (Å²) in [6, 6.07) is 6.81. The van der Waals surface area contributed by atoms with Gasteiger partial charge in [0.15, 0.2) is 5.82 Å². The van der Waals surface area contributed by atoms with E-state index in [9.17, 15) is 9.59 Å². The SMILES string of the molecule is COC(=O)c1ccc(Nc2nncc(N3CCN(C(C)=O)CC3)n2)cc1. The molecule has 9 heteroatoms. The molecule has 9 nitrogen and oxygen atoms in total. The van der Waals surface area contributed by atoms with Gasteiger partial charge in [-0.05, 0) is 24.3 Å². The normalized spacial score (nSPS) is 14.1. The van der Waals surface area contributed by atoms with Gasteiger partial charge in [-0.15, -0.1) is 5.10 Å². The average Bonchev–Trinajstić information content (AvgIpc) is 2.68. The van der Waals surface area contributed by atoms with E-state index in [1.807, 2.05) is 4.90 Å². The lowest BCUT2D eigenvalue weighted by Gasteiger charge is -2.34. The van der Waals surface area contributed by atoms with Crippen LogP contribution in [-0.4, -0.2) is 65.2 Å². The Morgan fingerprint density at radius 1 is 1.12 bits per heavy atom. The fourth-order valence-corrected chi connectivity index (χ4v) is 2.69. The number of hydrogen-bond acceptors (Lipinski definition) is 8. The van der Waals surface area contributed by atoms with Crippen LogP contribution in [0, 0.1) is 0 Å². The molecule has 0 radical (unpaired) electrons. The number of nitrogens with one attached hydrogen (secondary N) is 1. The number of benzene rings is 1. The first-order valence-electron chi connectivity index (χ1n) is 8.22. The maximum Gasteiger partial charge on any atom is 0.337 e. The van der Waals surface area contributed by atoms with E-state index < -0.39 is 0 Å². The molecule has 1 fully saturated rings. The molecular weight excluding hydrogens is 336 g/mol. The van der Waals surface area contributed by atoms with Crippen molar-refractivity contribution < 1.29 is 14.3 Å². The predicted octanol–water partition coefficient (Wildman–Crippen LogP) is 1.07. The summed E-state index contributed by atoms with van der Waals surface area (Å²) in [7, 11) is 1.34. The van der Waals surface area contributed by atoms with Crippen LogP contribution in [0.1, 0.15) is 17.3 Å². The minimum atomic E-state index is -0.388. The number of methoxy groups -OCH3 is 1. The Bertz CT molecular complexity index is 787. The highest BCUT2D eigenvalue weighted by molar-refractivity contribution is 5.89. The third-order valence-corrected chi connectivity index (χ3v) is 4.16. The number of carbonyl (C=O) groups excluding carboxylic acids is 2. The van der Waals surface area contributed by atoms with Crippen LogP contribution < -0.4 is 10.2 Å². The number of rotatable bonds is 4. The Morgan fingerprint density at radius 3 is 2.42 bits per heavy atom. The minimum absolute atomic E-state index is 0.0863. The molecule has 1 aliphatic rings. The largest absolute Gasteiger partial charge is 0.465 e. The van der Waals surface area contributed by atoms with Crippen LogP contribution in [-0.2, 0) is 9.53 Å². The van der Waals surface area contributed by atoms with E-state index in [0.29, 0.717) is 43.5 Å². The molecular formula is C17H20N6O3. The lowest BCUT2D eigenvalue weighted by molar-refractivity contribution is -0.129. The van der Waals surface area contributed by atoms with Crippen molar-refractivity contribution in [1.82, 2.24) is 20.1 Å². The molecule has 1 saturated heterocycles. The first-order valence-corrected chi connectivity index (χ1v) is 8.22. The molecule has 0 spiro atoms. The van der Waals surface area contributed by atoms with Crippen LogP contribution in [0.3, 0.4) is 0 Å². The summed E-state index contributed by atoms with van der Waals surface area (Å²) in [6.07, 6.45) is 1.61. The number of ether oxygens (including phenoxy) is 1. The van der Waals surface area contributed by atoms with Crippen LogP contribution in [0.5, 0.6) is 0 Å². The number of amides is 1. The Morgan fingerprint density at radius 2 is 1.81 bits per heavy atom. The fraction of sp³-hybridized carbons (Fsp3) is 0.353. The molecule has 2 aromatic rings. The second kappa shape index (κ2) is 7.77. The number of carbonyl (C=O) groups is 2. The average molecular weight is 356 g/mol. The number of anilines is 3. The molecule has 26 heavy (non-hydrogen) atoms. The van der Waals surface area contributed by atoms with Gasteiger partial charge in [-0.1, -0.05) is 0 Å². The van der Waals surface area contributed by atoms with Crippen LogP contribution >= 0.6 is 0 Å². The van der Waals surface area contributed by atoms with Crippen molar-refractivity contribution in [1.29, 1.82) is 0 Å². The molecule has 1 N–H and O–H groups in total. The summed E-state index contributed by atoms with van der Waals surface area (Å²) in [6.45, 7) is 4.31. The third kappa shape index (κ3) is 4.05. The fourth-order valence-electron chi connectivity index (χ4n) is 2.69. The molecule has 0 bridgehead atoms. The monoisotopic (exact) mass is 356 g/mol. The van der Waals surface area contributed by atoms with Crippen LogP contribution in [0.25, 0.3) is 0 Å². The number of hydrogen-bond donors (Lipinski definition) is 1. The van der Waals surface area contributed by atoms with E-state index in [2.05, 4.69) is 30.1 Å². The first kappa shape index (κ1) is 17.6. The lowest BCUT2D eigenvalue weighted by atomic mass is 10.2. The van der Waals surface area contributed by atoms with E-state index in [0.717, 1.165) is 5.69 Å². The Hall–Kier alpha value is -3.23. The second-order valence-corrected chi connectivity index (χ2v) is 5.83. The second-order valence-electron chi connectivity index (χ2n) is 5.83. The quantitative estimate of drug-likeness (QED) is 0.812. The summed E-state index contributed by atoms with van der Waals surface area (Å²) < 4.78 is 4.68. The summed E-state index contributed by atoms with van der Waals surface area (Å²) in [5, 5.41) is 11.1. The molecule has 136 valence electrons. The molecule has 2 heterocycles. The van der Waals surface area contributed by atoms with Gasteiger partial charge in [0.25, 0.3) is 0 Å². The Kier molecular flexibility index (Phi) is 5.26. The molecule has 1 aromatic heterocycles. The molecule has 0 aliphatic carbocycles. The van der Waals surface area contributed by atoms with Gasteiger partial charge >= 0.3 is 5.97 Å². The standard InChI is InChI=1S/C17H20N6O3/c1-12(24)22-7-9-23(10-8-22)15-11-18-21-17(20-15)19-14-5-3-13(4-6-14)16(25)26-2/h3-6,11H,7-10H2,1-2H3,(H,19,20,21). The van der Waals surface area contributed by atoms with Gasteiger partial charge < -0.3 is 19.9 Å². The number of piperazine rings is 1. The predicted molar refractivity (Wildman–Crippen MR) is 95.4 cm³/mol. The van der Waals surface area contributed by atoms with Gasteiger partial charge in [-0.2, -0.15) is 10.1 Å². The molecule has 0 unspecified atom stereocenters. The van der Waals surface area contributed by atoms with Crippen molar-refractivity contribution in [2.45, 2.75) is 6.92 Å². The maximum absolute atomic E-state index is 11.5. The zero-order valence-electron chi connectivity index (χ0n) is 14.7. The zero-order valence-corrected chi connectivity index (χ0v) is 14.7. The van der Waals surface area contributed by atoms with Crippen LogP contribution in [0.4, 0.5) is 17.5 Å². The molecule has 1 amide bonds. The highest BCUT2D eigenvalue weighted by Gasteiger charge is 2.20. The maximum atomic E-state index is 11.5. The number of nitrogens with zero attached hydrogens (tertiary/aromatic N) is 5. The first-order chi connectivity index (χ1) is 12.6. The van der Waals surface area contributed by atoms with Gasteiger partial charge in [0.2, 0.25) is 11.9 Å². The van der Waals surface area contributed by atoms with Crippen molar-refractivity contribution in [3.05, 3.63) is 36.0 Å². The summed E-state index contributed by atoms with van der Waals surface area (Å²) in [4.78, 5) is 31.2. The van der Waals surface area contributed by atoms with Gasteiger partial charge in [-0.3, -0.25) is 4.79 Å². The lowest BCUT2D eigenvalue weighted by Crippen LogP contribution is -2.48. The zero-order chi connectivity index (χ0) is 18.5. The van der Waals surface area contributed by atoms with Gasteiger partial charge in [0, 0.05) is 38.8 Å². The summed E-state index contributed by atoms with van der Waals surface area (Å²) in [5.41, 5.74) is 1.20. The van der Waals surface area contributed by atoms with Gasteiger partial charge in [0.05, 0.1) is 18.9 Å². The van der Waals surface area contributed by atoms with Gasteiger partial charge in [0.1, 0.15) is 0 Å². The van der Waals surface area contributed by atoms with Crippen LogP contribution in [0.2, 0.25) is 0 Å². The Balaban J connectivity index is 1.66. The summed E-state index contributed by atoms with van der Waals surface area (Å²) in [5.74, 6) is 0.767. The van der Waals surface area contributed by atoms with Crippen molar-refractivity contribution >= 4 is 29.3 Å². The van der Waals surface area contributed by atoms with Crippen molar-refractivity contribution in [2.75, 3.05) is 43.5 Å². The number of esters is 1. The molecule has 0 saturated carbocycles.